The Morgan fingerprint density at radius 3 is 2.52 bits per heavy atom. The number of nitrogens with zero attached hydrogens (tertiary/aromatic N) is 5. The third-order valence-electron chi connectivity index (χ3n) is 4.75. The maximum Gasteiger partial charge on any atom is 0.332 e. The highest BCUT2D eigenvalue weighted by atomic mass is 16.5. The highest BCUT2D eigenvalue weighted by Gasteiger charge is 2.23. The van der Waals surface area contributed by atoms with Crippen LogP contribution in [0.25, 0.3) is 16.9 Å². The molecule has 0 radical (unpaired) electrons. The molecule has 0 bridgehead atoms. The van der Waals surface area contributed by atoms with E-state index in [-0.39, 0.29) is 31.3 Å². The van der Waals surface area contributed by atoms with Gasteiger partial charge >= 0.3 is 11.7 Å². The molecule has 3 heterocycles. The number of hydrogen-bond acceptors (Lipinski definition) is 5. The SMILES string of the molecule is C/C=C/Cn1c(=O)c2c(nc3n(CC(=O)OCC)c(C)c(C)n23)n(C)c1=O. The first-order valence-electron chi connectivity index (χ1n) is 8.77. The van der Waals surface area contributed by atoms with Gasteiger partial charge in [-0.05, 0) is 27.7 Å². The molecule has 0 aromatic carbocycles. The predicted octanol–water partition coefficient (Wildman–Crippen LogP) is 0.905. The van der Waals surface area contributed by atoms with Crippen molar-refractivity contribution in [2.45, 2.75) is 40.8 Å². The predicted molar refractivity (Wildman–Crippen MR) is 101 cm³/mol. The third-order valence-corrected chi connectivity index (χ3v) is 4.75. The summed E-state index contributed by atoms with van der Waals surface area (Å²) in [7, 11) is 1.58. The number of carbonyl (C=O) groups is 1. The first kappa shape index (κ1) is 18.7. The van der Waals surface area contributed by atoms with E-state index in [1.807, 2.05) is 20.8 Å². The number of imidazole rings is 2. The fourth-order valence-electron chi connectivity index (χ4n) is 3.21. The summed E-state index contributed by atoms with van der Waals surface area (Å²) in [5, 5.41) is 0. The lowest BCUT2D eigenvalue weighted by atomic mass is 10.3. The van der Waals surface area contributed by atoms with Gasteiger partial charge in [0, 0.05) is 25.0 Å². The zero-order chi connectivity index (χ0) is 19.9. The smallest absolute Gasteiger partial charge is 0.332 e. The fraction of sp³-hybridized carbons (Fsp3) is 0.444. The number of fused-ring (bicyclic) bond motifs is 3. The van der Waals surface area contributed by atoms with E-state index in [2.05, 4.69) is 4.98 Å². The average Bonchev–Trinajstić information content (AvgIpc) is 3.12. The maximum absolute atomic E-state index is 13.0. The van der Waals surface area contributed by atoms with Crippen molar-refractivity contribution >= 4 is 22.9 Å². The van der Waals surface area contributed by atoms with Crippen molar-refractivity contribution in [3.8, 4) is 0 Å². The van der Waals surface area contributed by atoms with Gasteiger partial charge in [-0.15, -0.1) is 0 Å². The van der Waals surface area contributed by atoms with Crippen molar-refractivity contribution in [2.75, 3.05) is 6.61 Å². The summed E-state index contributed by atoms with van der Waals surface area (Å²) in [6.45, 7) is 7.74. The van der Waals surface area contributed by atoms with Crippen LogP contribution in [0.1, 0.15) is 25.2 Å². The number of aryl methyl sites for hydroxylation is 2. The monoisotopic (exact) mass is 373 g/mol. The molecule has 0 fully saturated rings. The van der Waals surface area contributed by atoms with Crippen molar-refractivity contribution in [1.82, 2.24) is 23.1 Å². The minimum Gasteiger partial charge on any atom is -0.465 e. The molecule has 0 spiro atoms. The summed E-state index contributed by atoms with van der Waals surface area (Å²) >= 11 is 0. The van der Waals surface area contributed by atoms with E-state index >= 15 is 0 Å². The van der Waals surface area contributed by atoms with Crippen LogP contribution < -0.4 is 11.2 Å². The average molecular weight is 373 g/mol. The van der Waals surface area contributed by atoms with Crippen molar-refractivity contribution in [2.24, 2.45) is 7.05 Å². The van der Waals surface area contributed by atoms with Gasteiger partial charge in [0.1, 0.15) is 6.54 Å². The molecular formula is C18H23N5O4. The van der Waals surface area contributed by atoms with Gasteiger partial charge in [0.2, 0.25) is 5.78 Å². The van der Waals surface area contributed by atoms with E-state index in [1.54, 1.807) is 35.1 Å². The van der Waals surface area contributed by atoms with Crippen LogP contribution in [-0.2, 0) is 29.7 Å². The molecule has 0 amide bonds. The zero-order valence-electron chi connectivity index (χ0n) is 16.1. The Morgan fingerprint density at radius 1 is 1.19 bits per heavy atom. The lowest BCUT2D eigenvalue weighted by Gasteiger charge is -2.07. The van der Waals surface area contributed by atoms with Gasteiger partial charge in [0.25, 0.3) is 5.56 Å². The summed E-state index contributed by atoms with van der Waals surface area (Å²) in [4.78, 5) is 42.1. The molecular weight excluding hydrogens is 350 g/mol. The van der Waals surface area contributed by atoms with Crippen LogP contribution in [-0.4, -0.2) is 35.7 Å². The van der Waals surface area contributed by atoms with E-state index in [1.165, 1.54) is 9.13 Å². The van der Waals surface area contributed by atoms with Crippen LogP contribution in [0.15, 0.2) is 21.7 Å². The minimum atomic E-state index is -0.433. The zero-order valence-corrected chi connectivity index (χ0v) is 16.1. The Hall–Kier alpha value is -3.10. The molecule has 0 saturated carbocycles. The largest absolute Gasteiger partial charge is 0.465 e. The normalized spacial score (nSPS) is 11.9. The first-order chi connectivity index (χ1) is 12.8. The number of aromatic nitrogens is 5. The summed E-state index contributed by atoms with van der Waals surface area (Å²) < 4.78 is 11.0. The molecule has 27 heavy (non-hydrogen) atoms. The minimum absolute atomic E-state index is 0.0129. The molecule has 9 heteroatoms. The van der Waals surface area contributed by atoms with Gasteiger partial charge in [0.15, 0.2) is 11.2 Å². The molecule has 3 aromatic rings. The molecule has 0 atom stereocenters. The summed E-state index contributed by atoms with van der Waals surface area (Å²) in [5.41, 5.74) is 1.36. The molecule has 0 aliphatic carbocycles. The molecule has 144 valence electrons. The number of esters is 1. The highest BCUT2D eigenvalue weighted by Crippen LogP contribution is 2.20. The van der Waals surface area contributed by atoms with Gasteiger partial charge < -0.3 is 9.30 Å². The lowest BCUT2D eigenvalue weighted by molar-refractivity contribution is -0.143. The fourth-order valence-corrected chi connectivity index (χ4v) is 3.21. The van der Waals surface area contributed by atoms with E-state index in [0.29, 0.717) is 11.3 Å². The van der Waals surface area contributed by atoms with Crippen molar-refractivity contribution in [3.05, 3.63) is 44.4 Å². The van der Waals surface area contributed by atoms with E-state index in [4.69, 9.17) is 4.74 Å². The molecule has 3 rings (SSSR count). The van der Waals surface area contributed by atoms with E-state index in [9.17, 15) is 14.4 Å². The molecule has 0 saturated heterocycles. The Labute approximate surface area is 155 Å². The van der Waals surface area contributed by atoms with Gasteiger partial charge in [-0.25, -0.2) is 4.79 Å². The van der Waals surface area contributed by atoms with Gasteiger partial charge in [-0.1, -0.05) is 12.2 Å². The second-order valence-electron chi connectivity index (χ2n) is 6.31. The number of ether oxygens (including phenoxy) is 1. The van der Waals surface area contributed by atoms with Crippen LogP contribution in [0, 0.1) is 13.8 Å². The van der Waals surface area contributed by atoms with Crippen LogP contribution in [0.3, 0.4) is 0 Å². The Balaban J connectivity index is 2.38. The van der Waals surface area contributed by atoms with Crippen molar-refractivity contribution in [1.29, 1.82) is 0 Å². The van der Waals surface area contributed by atoms with Crippen LogP contribution in [0.4, 0.5) is 0 Å². The summed E-state index contributed by atoms with van der Waals surface area (Å²) in [5.74, 6) is 0.0495. The Morgan fingerprint density at radius 2 is 1.89 bits per heavy atom. The van der Waals surface area contributed by atoms with Gasteiger partial charge in [-0.2, -0.15) is 4.98 Å². The number of carbonyl (C=O) groups excluding carboxylic acids is 1. The number of allylic oxidation sites excluding steroid dienone is 2. The van der Waals surface area contributed by atoms with Gasteiger partial charge in [0.05, 0.1) is 6.61 Å². The Bertz CT molecular complexity index is 1190. The molecule has 0 unspecified atom stereocenters. The third kappa shape index (κ3) is 2.79. The second-order valence-corrected chi connectivity index (χ2v) is 6.31. The number of rotatable bonds is 5. The highest BCUT2D eigenvalue weighted by molar-refractivity contribution is 5.77. The number of hydrogen-bond donors (Lipinski definition) is 0. The maximum atomic E-state index is 13.0. The molecule has 3 aromatic heterocycles. The van der Waals surface area contributed by atoms with E-state index < -0.39 is 11.2 Å². The molecule has 0 aliphatic heterocycles. The van der Waals surface area contributed by atoms with Crippen LogP contribution >= 0.6 is 0 Å². The van der Waals surface area contributed by atoms with E-state index in [0.717, 1.165) is 11.4 Å². The summed E-state index contributed by atoms with van der Waals surface area (Å²) in [6.07, 6.45) is 3.53. The Kier molecular flexibility index (Phi) is 4.77. The second kappa shape index (κ2) is 6.90. The van der Waals surface area contributed by atoms with Gasteiger partial charge in [-0.3, -0.25) is 23.1 Å². The summed E-state index contributed by atoms with van der Waals surface area (Å²) in [6, 6.07) is 0. The first-order valence-corrected chi connectivity index (χ1v) is 8.77. The van der Waals surface area contributed by atoms with Crippen molar-refractivity contribution in [3.63, 3.8) is 0 Å². The van der Waals surface area contributed by atoms with Crippen LogP contribution in [0.5, 0.6) is 0 Å². The standard InChI is InChI=1S/C18H23N5O4/c1-6-8-9-21-16(25)14-15(20(5)18(21)26)19-17-22(10-13(24)27-7-2)11(3)12(4)23(14)17/h6,8H,7,9-10H2,1-5H3/b8-6+. The van der Waals surface area contributed by atoms with Crippen LogP contribution in [0.2, 0.25) is 0 Å². The lowest BCUT2D eigenvalue weighted by Crippen LogP contribution is -2.39. The molecule has 9 nitrogen and oxygen atoms in total. The van der Waals surface area contributed by atoms with Crippen molar-refractivity contribution < 1.29 is 9.53 Å². The topological polar surface area (TPSA) is 92.5 Å². The molecule has 0 N–H and O–H groups in total. The molecule has 0 aliphatic rings. The quantitative estimate of drug-likeness (QED) is 0.489.